The van der Waals surface area contributed by atoms with Crippen molar-refractivity contribution in [1.82, 2.24) is 0 Å². The molecule has 0 aliphatic heterocycles. The van der Waals surface area contributed by atoms with E-state index in [1.807, 2.05) is 31.2 Å². The van der Waals surface area contributed by atoms with E-state index in [4.69, 9.17) is 34.8 Å². The Bertz CT molecular complexity index is 551. The Balaban J connectivity index is 2.40. The number of alkyl halides is 1. The molecule has 1 heterocycles. The predicted octanol–water partition coefficient (Wildman–Crippen LogP) is 6.45. The van der Waals surface area contributed by atoms with E-state index in [0.717, 1.165) is 15.6 Å². The Morgan fingerprint density at radius 3 is 2.47 bits per heavy atom. The van der Waals surface area contributed by atoms with Crippen LogP contribution in [-0.2, 0) is 0 Å². The zero-order valence-electron chi connectivity index (χ0n) is 8.81. The van der Waals surface area contributed by atoms with E-state index in [2.05, 4.69) is 15.9 Å². The third kappa shape index (κ3) is 2.99. The van der Waals surface area contributed by atoms with Gasteiger partial charge < -0.3 is 0 Å². The van der Waals surface area contributed by atoms with Crippen molar-refractivity contribution in [2.75, 3.05) is 0 Å². The second-order valence-electron chi connectivity index (χ2n) is 3.65. The summed E-state index contributed by atoms with van der Waals surface area (Å²) in [6.07, 6.45) is 0. The fourth-order valence-corrected chi connectivity index (χ4v) is 3.83. The van der Waals surface area contributed by atoms with Crippen molar-refractivity contribution in [3.63, 3.8) is 0 Å². The molecule has 0 aliphatic carbocycles. The fraction of sp³-hybridized carbons (Fsp3) is 0.167. The average Bonchev–Trinajstić information content (AvgIpc) is 2.61. The third-order valence-electron chi connectivity index (χ3n) is 2.44. The molecular formula is C12H8BrCl3S. The first kappa shape index (κ1) is 13.7. The fourth-order valence-electron chi connectivity index (χ4n) is 1.47. The van der Waals surface area contributed by atoms with Gasteiger partial charge in [0.2, 0.25) is 0 Å². The highest BCUT2D eigenvalue weighted by Crippen LogP contribution is 2.41. The Morgan fingerprint density at radius 1 is 1.24 bits per heavy atom. The lowest BCUT2D eigenvalue weighted by molar-refractivity contribution is 1.14. The minimum atomic E-state index is -0.275. The van der Waals surface area contributed by atoms with Gasteiger partial charge in [-0.1, -0.05) is 51.3 Å². The van der Waals surface area contributed by atoms with Crippen LogP contribution in [0.15, 0.2) is 28.7 Å². The molecule has 0 saturated carbocycles. The van der Waals surface area contributed by atoms with E-state index in [1.54, 1.807) is 0 Å². The summed E-state index contributed by atoms with van der Waals surface area (Å²) in [6.45, 7) is 2.03. The van der Waals surface area contributed by atoms with Gasteiger partial charge in [-0.2, -0.15) is 0 Å². The molecule has 1 unspecified atom stereocenters. The molecule has 1 aromatic heterocycles. The smallest absolute Gasteiger partial charge is 0.0994 e. The predicted molar refractivity (Wildman–Crippen MR) is 80.9 cm³/mol. The number of aryl methyl sites for hydroxylation is 1. The average molecular weight is 371 g/mol. The summed E-state index contributed by atoms with van der Waals surface area (Å²) in [6, 6.07) is 7.85. The normalized spacial score (nSPS) is 12.8. The van der Waals surface area contributed by atoms with Crippen LogP contribution in [0.3, 0.4) is 0 Å². The Hall–Kier alpha value is 0.270. The molecule has 0 nitrogen and oxygen atoms in total. The van der Waals surface area contributed by atoms with Crippen LogP contribution in [0.4, 0.5) is 0 Å². The number of benzene rings is 1. The summed E-state index contributed by atoms with van der Waals surface area (Å²) in [5.41, 5.74) is 3.03. The van der Waals surface area contributed by atoms with E-state index in [-0.39, 0.29) is 5.38 Å². The van der Waals surface area contributed by atoms with Gasteiger partial charge in [-0.3, -0.25) is 0 Å². The standard InChI is InChI=1S/C12H8BrCl3S/c1-6-2-3-7(4-9(6)13)11(15)8-5-10(14)17-12(8)16/h2-5,11H,1H3. The lowest BCUT2D eigenvalue weighted by Crippen LogP contribution is -1.92. The molecule has 0 bridgehead atoms. The van der Waals surface area contributed by atoms with Crippen molar-refractivity contribution in [2.24, 2.45) is 0 Å². The van der Waals surface area contributed by atoms with Crippen LogP contribution < -0.4 is 0 Å². The summed E-state index contributed by atoms with van der Waals surface area (Å²) in [4.78, 5) is 0. The largest absolute Gasteiger partial charge is 0.113 e. The van der Waals surface area contributed by atoms with Crippen molar-refractivity contribution < 1.29 is 0 Å². The number of hydrogen-bond acceptors (Lipinski definition) is 1. The van der Waals surface area contributed by atoms with Crippen molar-refractivity contribution in [1.29, 1.82) is 0 Å². The van der Waals surface area contributed by atoms with Crippen LogP contribution in [-0.4, -0.2) is 0 Å². The molecule has 0 amide bonds. The van der Waals surface area contributed by atoms with E-state index in [0.29, 0.717) is 8.67 Å². The van der Waals surface area contributed by atoms with Gasteiger partial charge in [0.15, 0.2) is 0 Å². The molecular weight excluding hydrogens is 362 g/mol. The molecule has 0 spiro atoms. The van der Waals surface area contributed by atoms with Gasteiger partial charge in [-0.15, -0.1) is 22.9 Å². The zero-order valence-corrected chi connectivity index (χ0v) is 13.5. The first-order valence-corrected chi connectivity index (χ1v) is 7.64. The quantitative estimate of drug-likeness (QED) is 0.533. The number of halogens is 4. The molecule has 2 rings (SSSR count). The maximum Gasteiger partial charge on any atom is 0.0994 e. The molecule has 0 N–H and O–H groups in total. The maximum absolute atomic E-state index is 6.42. The van der Waals surface area contributed by atoms with E-state index >= 15 is 0 Å². The summed E-state index contributed by atoms with van der Waals surface area (Å²) in [7, 11) is 0. The van der Waals surface area contributed by atoms with Gasteiger partial charge in [0.1, 0.15) is 0 Å². The number of thiophene rings is 1. The molecule has 0 fully saturated rings. The van der Waals surface area contributed by atoms with Gasteiger partial charge in [-0.25, -0.2) is 0 Å². The first-order chi connectivity index (χ1) is 7.99. The monoisotopic (exact) mass is 368 g/mol. The molecule has 0 aliphatic rings. The van der Waals surface area contributed by atoms with Crippen LogP contribution >= 0.6 is 62.1 Å². The van der Waals surface area contributed by atoms with Gasteiger partial charge in [0.25, 0.3) is 0 Å². The second-order valence-corrected chi connectivity index (χ2v) is 7.23. The Kier molecular flexibility index (Phi) is 4.43. The van der Waals surface area contributed by atoms with Crippen LogP contribution in [0.5, 0.6) is 0 Å². The number of hydrogen-bond donors (Lipinski definition) is 0. The zero-order chi connectivity index (χ0) is 12.6. The van der Waals surface area contributed by atoms with Crippen LogP contribution in [0.2, 0.25) is 8.67 Å². The van der Waals surface area contributed by atoms with E-state index in [1.165, 1.54) is 16.9 Å². The molecule has 2 aromatic rings. The first-order valence-electron chi connectivity index (χ1n) is 4.84. The lowest BCUT2D eigenvalue weighted by atomic mass is 10.1. The highest BCUT2D eigenvalue weighted by molar-refractivity contribution is 9.10. The SMILES string of the molecule is Cc1ccc(C(Cl)c2cc(Cl)sc2Cl)cc1Br. The molecule has 1 aromatic carbocycles. The summed E-state index contributed by atoms with van der Waals surface area (Å²) < 4.78 is 2.34. The minimum Gasteiger partial charge on any atom is -0.113 e. The van der Waals surface area contributed by atoms with Gasteiger partial charge in [0.05, 0.1) is 14.0 Å². The Morgan fingerprint density at radius 2 is 1.94 bits per heavy atom. The molecule has 0 saturated heterocycles. The van der Waals surface area contributed by atoms with Gasteiger partial charge >= 0.3 is 0 Å². The summed E-state index contributed by atoms with van der Waals surface area (Å²) >= 11 is 23.3. The topological polar surface area (TPSA) is 0 Å². The van der Waals surface area contributed by atoms with Crippen molar-refractivity contribution in [3.8, 4) is 0 Å². The number of rotatable bonds is 2. The maximum atomic E-state index is 6.42. The van der Waals surface area contributed by atoms with Crippen LogP contribution in [0.1, 0.15) is 22.1 Å². The van der Waals surface area contributed by atoms with Crippen molar-refractivity contribution in [3.05, 3.63) is 54.1 Å². The Labute approximate surface area is 128 Å². The van der Waals surface area contributed by atoms with Crippen molar-refractivity contribution >= 4 is 62.1 Å². The van der Waals surface area contributed by atoms with Crippen molar-refractivity contribution in [2.45, 2.75) is 12.3 Å². The summed E-state index contributed by atoms with van der Waals surface area (Å²) in [5, 5.41) is -0.275. The molecule has 0 radical (unpaired) electrons. The van der Waals surface area contributed by atoms with Crippen LogP contribution in [0.25, 0.3) is 0 Å². The summed E-state index contributed by atoms with van der Waals surface area (Å²) in [5.74, 6) is 0. The highest BCUT2D eigenvalue weighted by atomic mass is 79.9. The highest BCUT2D eigenvalue weighted by Gasteiger charge is 2.17. The van der Waals surface area contributed by atoms with Crippen LogP contribution in [0, 0.1) is 6.92 Å². The van der Waals surface area contributed by atoms with E-state index < -0.39 is 0 Å². The lowest BCUT2D eigenvalue weighted by Gasteiger charge is -2.10. The molecule has 5 heteroatoms. The minimum absolute atomic E-state index is 0.275. The molecule has 1 atom stereocenters. The second kappa shape index (κ2) is 5.50. The third-order valence-corrected chi connectivity index (χ3v) is 5.30. The van der Waals surface area contributed by atoms with Gasteiger partial charge in [0, 0.05) is 10.0 Å². The molecule has 17 heavy (non-hydrogen) atoms. The molecule has 90 valence electrons. The van der Waals surface area contributed by atoms with Gasteiger partial charge in [-0.05, 0) is 30.2 Å². The van der Waals surface area contributed by atoms with E-state index in [9.17, 15) is 0 Å².